The monoisotopic (exact) mass is 392 g/mol. The molecule has 7 nitrogen and oxygen atoms in total. The smallest absolute Gasteiger partial charge is 0.258 e. The highest BCUT2D eigenvalue weighted by molar-refractivity contribution is 6.04. The number of carbonyl (C=O) groups is 1. The maximum atomic E-state index is 12.6. The van der Waals surface area contributed by atoms with Crippen LogP contribution in [-0.2, 0) is 0 Å². The second kappa shape index (κ2) is 8.60. The summed E-state index contributed by atoms with van der Waals surface area (Å²) in [7, 11) is 3.15. The molecule has 2 aromatic carbocycles. The third-order valence-electron chi connectivity index (χ3n) is 4.47. The maximum Gasteiger partial charge on any atom is 0.258 e. The first-order valence-electron chi connectivity index (χ1n) is 9.11. The number of rotatable bonds is 6. The molecule has 2 N–H and O–H groups in total. The molecular weight excluding hydrogens is 368 g/mol. The van der Waals surface area contributed by atoms with E-state index < -0.39 is 0 Å². The Morgan fingerprint density at radius 3 is 2.10 bits per heavy atom. The number of nitrogens with one attached hydrogen (secondary N) is 2. The van der Waals surface area contributed by atoms with Crippen molar-refractivity contribution in [2.45, 2.75) is 20.8 Å². The molecule has 0 saturated carbocycles. The van der Waals surface area contributed by atoms with Crippen molar-refractivity contribution in [2.24, 2.45) is 0 Å². The number of nitrogens with zero attached hydrogens (tertiary/aromatic N) is 2. The minimum Gasteiger partial charge on any atom is -0.493 e. The van der Waals surface area contributed by atoms with Crippen LogP contribution in [0.4, 0.5) is 17.3 Å². The summed E-state index contributed by atoms with van der Waals surface area (Å²) in [6.45, 7) is 5.98. The molecule has 1 aromatic heterocycles. The molecule has 3 rings (SSSR count). The number of hydrogen-bond donors (Lipinski definition) is 2. The van der Waals surface area contributed by atoms with Gasteiger partial charge < -0.3 is 20.1 Å². The zero-order valence-electron chi connectivity index (χ0n) is 17.2. The van der Waals surface area contributed by atoms with Gasteiger partial charge in [-0.05, 0) is 44.0 Å². The molecule has 29 heavy (non-hydrogen) atoms. The average Bonchev–Trinajstić information content (AvgIpc) is 2.71. The summed E-state index contributed by atoms with van der Waals surface area (Å²) in [6, 6.07) is 9.47. The van der Waals surface area contributed by atoms with E-state index in [4.69, 9.17) is 9.47 Å². The highest BCUT2D eigenvalue weighted by Crippen LogP contribution is 2.30. The molecule has 0 saturated heterocycles. The second-order valence-corrected chi connectivity index (χ2v) is 6.72. The lowest BCUT2D eigenvalue weighted by Crippen LogP contribution is -2.15. The number of benzene rings is 2. The normalized spacial score (nSPS) is 10.4. The lowest BCUT2D eigenvalue weighted by molar-refractivity contribution is 0.102. The van der Waals surface area contributed by atoms with Crippen LogP contribution >= 0.6 is 0 Å². The van der Waals surface area contributed by atoms with Gasteiger partial charge >= 0.3 is 0 Å². The topological polar surface area (TPSA) is 85.4 Å². The van der Waals surface area contributed by atoms with Gasteiger partial charge in [-0.1, -0.05) is 17.7 Å². The van der Waals surface area contributed by atoms with E-state index in [1.54, 1.807) is 26.4 Å². The molecular formula is C22H24N4O3. The molecule has 1 heterocycles. The van der Waals surface area contributed by atoms with E-state index in [-0.39, 0.29) is 5.91 Å². The van der Waals surface area contributed by atoms with Crippen LogP contribution in [0.2, 0.25) is 0 Å². The standard InChI is InChI=1S/C22H24N4O3/c1-13-8-14(2)20(15(3)9-13)26-21(27)16-11-23-22(24-12-16)25-17-6-7-18(28-4)19(10-17)29-5/h6-12H,1-5H3,(H,26,27)(H,23,24,25). The first-order chi connectivity index (χ1) is 13.9. The molecule has 0 aliphatic rings. The van der Waals surface area contributed by atoms with Crippen LogP contribution in [0.15, 0.2) is 42.7 Å². The number of methoxy groups -OCH3 is 2. The summed E-state index contributed by atoms with van der Waals surface area (Å²) in [5, 5.41) is 6.03. The minimum atomic E-state index is -0.252. The average molecular weight is 392 g/mol. The van der Waals surface area contributed by atoms with Crippen LogP contribution in [0.1, 0.15) is 27.0 Å². The van der Waals surface area contributed by atoms with Gasteiger partial charge in [0, 0.05) is 29.8 Å². The van der Waals surface area contributed by atoms with Crippen molar-refractivity contribution in [1.29, 1.82) is 0 Å². The van der Waals surface area contributed by atoms with Crippen molar-refractivity contribution < 1.29 is 14.3 Å². The van der Waals surface area contributed by atoms with Crippen molar-refractivity contribution in [3.05, 3.63) is 65.0 Å². The molecule has 7 heteroatoms. The number of hydrogen-bond acceptors (Lipinski definition) is 6. The van der Waals surface area contributed by atoms with E-state index in [1.165, 1.54) is 12.4 Å². The zero-order chi connectivity index (χ0) is 21.0. The van der Waals surface area contributed by atoms with Gasteiger partial charge in [-0.2, -0.15) is 0 Å². The van der Waals surface area contributed by atoms with Gasteiger partial charge in [-0.15, -0.1) is 0 Å². The van der Waals surface area contributed by atoms with Gasteiger partial charge in [-0.3, -0.25) is 4.79 Å². The Morgan fingerprint density at radius 1 is 0.897 bits per heavy atom. The van der Waals surface area contributed by atoms with E-state index in [1.807, 2.05) is 39.0 Å². The number of ether oxygens (including phenoxy) is 2. The Kier molecular flexibility index (Phi) is 5.97. The van der Waals surface area contributed by atoms with Crippen LogP contribution in [0, 0.1) is 20.8 Å². The van der Waals surface area contributed by atoms with Gasteiger partial charge in [0.1, 0.15) is 0 Å². The van der Waals surface area contributed by atoms with Crippen molar-refractivity contribution in [3.8, 4) is 11.5 Å². The Labute approximate surface area is 170 Å². The first kappa shape index (κ1) is 20.1. The highest BCUT2D eigenvalue weighted by Gasteiger charge is 2.12. The summed E-state index contributed by atoms with van der Waals surface area (Å²) < 4.78 is 10.5. The molecule has 0 aliphatic heterocycles. The van der Waals surface area contributed by atoms with Crippen LogP contribution < -0.4 is 20.1 Å². The summed E-state index contributed by atoms with van der Waals surface area (Å²) in [5.41, 5.74) is 5.13. The third kappa shape index (κ3) is 4.63. The molecule has 150 valence electrons. The SMILES string of the molecule is COc1ccc(Nc2ncc(C(=O)Nc3c(C)cc(C)cc3C)cn2)cc1OC. The van der Waals surface area contributed by atoms with Crippen LogP contribution in [0.25, 0.3) is 0 Å². The lowest BCUT2D eigenvalue weighted by Gasteiger charge is -2.13. The third-order valence-corrected chi connectivity index (χ3v) is 4.47. The summed E-state index contributed by atoms with van der Waals surface area (Å²) in [5.74, 6) is 1.35. The first-order valence-corrected chi connectivity index (χ1v) is 9.11. The predicted molar refractivity (Wildman–Crippen MR) is 113 cm³/mol. The number of carbonyl (C=O) groups excluding carboxylic acids is 1. The van der Waals surface area contributed by atoms with E-state index in [0.717, 1.165) is 28.1 Å². The minimum absolute atomic E-state index is 0.252. The van der Waals surface area contributed by atoms with E-state index in [0.29, 0.717) is 23.0 Å². The van der Waals surface area contributed by atoms with Crippen molar-refractivity contribution >= 4 is 23.2 Å². The van der Waals surface area contributed by atoms with Crippen molar-refractivity contribution in [2.75, 3.05) is 24.9 Å². The zero-order valence-corrected chi connectivity index (χ0v) is 17.2. The largest absolute Gasteiger partial charge is 0.493 e. The lowest BCUT2D eigenvalue weighted by atomic mass is 10.0. The maximum absolute atomic E-state index is 12.6. The second-order valence-electron chi connectivity index (χ2n) is 6.72. The van der Waals surface area contributed by atoms with E-state index >= 15 is 0 Å². The van der Waals surface area contributed by atoms with Gasteiger partial charge in [0.05, 0.1) is 19.8 Å². The van der Waals surface area contributed by atoms with Gasteiger partial charge in [0.2, 0.25) is 5.95 Å². The van der Waals surface area contributed by atoms with E-state index in [2.05, 4.69) is 20.6 Å². The van der Waals surface area contributed by atoms with Crippen LogP contribution in [-0.4, -0.2) is 30.1 Å². The molecule has 0 radical (unpaired) electrons. The fraction of sp³-hybridized carbons (Fsp3) is 0.227. The Hall–Kier alpha value is -3.61. The van der Waals surface area contributed by atoms with Crippen LogP contribution in [0.3, 0.4) is 0 Å². The van der Waals surface area contributed by atoms with E-state index in [9.17, 15) is 4.79 Å². The van der Waals surface area contributed by atoms with Gasteiger partial charge in [-0.25, -0.2) is 9.97 Å². The summed E-state index contributed by atoms with van der Waals surface area (Å²) >= 11 is 0. The molecule has 1 amide bonds. The quantitative estimate of drug-likeness (QED) is 0.646. The molecule has 0 atom stereocenters. The molecule has 3 aromatic rings. The van der Waals surface area contributed by atoms with Crippen molar-refractivity contribution in [1.82, 2.24) is 9.97 Å². The van der Waals surface area contributed by atoms with Gasteiger partial charge in [0.15, 0.2) is 11.5 Å². The Balaban J connectivity index is 1.72. The number of aromatic nitrogens is 2. The number of aryl methyl sites for hydroxylation is 3. The Morgan fingerprint density at radius 2 is 1.52 bits per heavy atom. The molecule has 0 bridgehead atoms. The van der Waals surface area contributed by atoms with Gasteiger partial charge in [0.25, 0.3) is 5.91 Å². The molecule has 0 fully saturated rings. The predicted octanol–water partition coefficient (Wildman–Crippen LogP) is 4.41. The fourth-order valence-electron chi connectivity index (χ4n) is 3.12. The number of anilines is 3. The molecule has 0 aliphatic carbocycles. The summed E-state index contributed by atoms with van der Waals surface area (Å²) in [6.07, 6.45) is 2.98. The Bertz CT molecular complexity index is 1010. The summed E-state index contributed by atoms with van der Waals surface area (Å²) in [4.78, 5) is 21.1. The molecule has 0 unspecified atom stereocenters. The number of amides is 1. The van der Waals surface area contributed by atoms with Crippen molar-refractivity contribution in [3.63, 3.8) is 0 Å². The van der Waals surface area contributed by atoms with Crippen LogP contribution in [0.5, 0.6) is 11.5 Å². The molecule has 0 spiro atoms. The highest BCUT2D eigenvalue weighted by atomic mass is 16.5. The fourth-order valence-corrected chi connectivity index (χ4v) is 3.12.